The van der Waals surface area contributed by atoms with Crippen LogP contribution in [-0.4, -0.2) is 168 Å². The Morgan fingerprint density at radius 1 is 0.500 bits per heavy atom. The normalized spacial score (nSPS) is 52.5. The van der Waals surface area contributed by atoms with Crippen molar-refractivity contribution in [3.8, 4) is 0 Å². The molecule has 16 nitrogen and oxygen atoms in total. The molecule has 0 saturated carbocycles. The van der Waals surface area contributed by atoms with E-state index in [1.807, 2.05) is 0 Å². The van der Waals surface area contributed by atoms with Crippen molar-refractivity contribution in [1.82, 2.24) is 0 Å². The number of hydrogen-bond donors (Lipinski definition) is 11. The van der Waals surface area contributed by atoms with Crippen LogP contribution < -0.4 is 0 Å². The zero-order valence-electron chi connectivity index (χ0n) is 17.7. The van der Waals surface area contributed by atoms with Crippen LogP contribution in [0.25, 0.3) is 0 Å². The van der Waals surface area contributed by atoms with E-state index in [-0.39, 0.29) is 0 Å². The van der Waals surface area contributed by atoms with Crippen molar-refractivity contribution in [1.29, 1.82) is 0 Å². The second-order valence-electron chi connectivity index (χ2n) is 8.37. The first-order valence-electron chi connectivity index (χ1n) is 10.6. The SMILES string of the molecule is OC[C@H]1O[C@@H](OC[C@H]2O[C@@H](O[C@H]3[C@H](O)[C@@H](CO)OC(O)[C@@H]3O)[C@H](O)[C@@H](O)[C@H]2O)[C@H](O)[C@@H](O)[C@H]1O. The van der Waals surface area contributed by atoms with Gasteiger partial charge in [0.05, 0.1) is 19.8 Å². The molecule has 1 unspecified atom stereocenters. The Hall–Kier alpha value is -0.640. The maximum atomic E-state index is 10.3. The summed E-state index contributed by atoms with van der Waals surface area (Å²) in [5.41, 5.74) is 0. The topological polar surface area (TPSA) is 269 Å². The Morgan fingerprint density at radius 3 is 1.59 bits per heavy atom. The molecule has 0 aromatic heterocycles. The van der Waals surface area contributed by atoms with Gasteiger partial charge in [0.2, 0.25) is 0 Å². The fourth-order valence-electron chi connectivity index (χ4n) is 3.94. The molecule has 0 radical (unpaired) electrons. The number of hydrogen-bond acceptors (Lipinski definition) is 16. The van der Waals surface area contributed by atoms with Crippen LogP contribution in [0, 0.1) is 0 Å². The van der Waals surface area contributed by atoms with E-state index in [0.717, 1.165) is 0 Å². The van der Waals surface area contributed by atoms with Crippen molar-refractivity contribution < 1.29 is 79.9 Å². The molecular weight excluding hydrogens is 472 g/mol. The fraction of sp³-hybridized carbons (Fsp3) is 1.00. The van der Waals surface area contributed by atoms with E-state index in [1.54, 1.807) is 0 Å². The number of rotatable bonds is 7. The zero-order chi connectivity index (χ0) is 25.3. The van der Waals surface area contributed by atoms with E-state index in [9.17, 15) is 56.2 Å². The van der Waals surface area contributed by atoms with Gasteiger partial charge in [0.15, 0.2) is 18.9 Å². The van der Waals surface area contributed by atoms with Gasteiger partial charge in [0.1, 0.15) is 73.2 Å². The number of aliphatic hydroxyl groups excluding tert-OH is 11. The maximum absolute atomic E-state index is 10.3. The van der Waals surface area contributed by atoms with E-state index in [0.29, 0.717) is 0 Å². The van der Waals surface area contributed by atoms with Gasteiger partial charge in [-0.1, -0.05) is 0 Å². The summed E-state index contributed by atoms with van der Waals surface area (Å²) in [6.07, 6.45) is -25.0. The molecule has 3 rings (SSSR count). The lowest BCUT2D eigenvalue weighted by Crippen LogP contribution is -2.65. The van der Waals surface area contributed by atoms with Gasteiger partial charge >= 0.3 is 0 Å². The van der Waals surface area contributed by atoms with Crippen LogP contribution in [0.15, 0.2) is 0 Å². The van der Waals surface area contributed by atoms with E-state index in [4.69, 9.17) is 23.7 Å². The molecule has 3 aliphatic heterocycles. The summed E-state index contributed by atoms with van der Waals surface area (Å²) in [6.45, 7) is -2.06. The smallest absolute Gasteiger partial charge is 0.187 e. The summed E-state index contributed by atoms with van der Waals surface area (Å²) in [4.78, 5) is 0. The summed E-state index contributed by atoms with van der Waals surface area (Å²) in [5.74, 6) is 0. The van der Waals surface area contributed by atoms with Gasteiger partial charge in [-0.25, -0.2) is 0 Å². The first-order chi connectivity index (χ1) is 16.0. The summed E-state index contributed by atoms with van der Waals surface area (Å²) in [5, 5.41) is 109. The second kappa shape index (κ2) is 11.6. The monoisotopic (exact) mass is 504 g/mol. The molecule has 34 heavy (non-hydrogen) atoms. The summed E-state index contributed by atoms with van der Waals surface area (Å²) < 4.78 is 26.1. The first-order valence-corrected chi connectivity index (χ1v) is 10.6. The second-order valence-corrected chi connectivity index (χ2v) is 8.37. The van der Waals surface area contributed by atoms with Crippen LogP contribution in [0.5, 0.6) is 0 Å². The molecule has 3 saturated heterocycles. The molecule has 0 aromatic rings. The molecule has 3 heterocycles. The third-order valence-electron chi connectivity index (χ3n) is 6.07. The molecular formula is C18H32O16. The zero-order valence-corrected chi connectivity index (χ0v) is 17.7. The Labute approximate surface area is 192 Å². The highest BCUT2D eigenvalue weighted by Gasteiger charge is 2.51. The van der Waals surface area contributed by atoms with Gasteiger partial charge in [0.25, 0.3) is 0 Å². The molecule has 0 spiro atoms. The van der Waals surface area contributed by atoms with Crippen LogP contribution in [-0.2, 0) is 23.7 Å². The molecule has 3 fully saturated rings. The Kier molecular flexibility index (Phi) is 9.54. The van der Waals surface area contributed by atoms with Gasteiger partial charge in [-0.3, -0.25) is 0 Å². The van der Waals surface area contributed by atoms with Crippen LogP contribution in [0.1, 0.15) is 0 Å². The Balaban J connectivity index is 1.66. The van der Waals surface area contributed by atoms with Gasteiger partial charge in [0, 0.05) is 0 Å². The van der Waals surface area contributed by atoms with Crippen molar-refractivity contribution in [2.45, 2.75) is 92.1 Å². The average molecular weight is 504 g/mol. The van der Waals surface area contributed by atoms with Gasteiger partial charge in [-0.15, -0.1) is 0 Å². The van der Waals surface area contributed by atoms with Crippen LogP contribution >= 0.6 is 0 Å². The molecule has 200 valence electrons. The highest BCUT2D eigenvalue weighted by Crippen LogP contribution is 2.29. The van der Waals surface area contributed by atoms with E-state index in [2.05, 4.69) is 0 Å². The van der Waals surface area contributed by atoms with Gasteiger partial charge in [-0.2, -0.15) is 0 Å². The standard InChI is InChI=1S/C18H32O16/c19-1-4-7(21)10(24)12(26)17(32-4)30-3-6-8(22)11(25)13(27)18(33-6)34-15-9(23)5(2-20)31-16(29)14(15)28/h4-29H,1-3H2/t4-,5-,6-,7+,8+,9-,10+,11+,12-,13-,14-,15+,16?,17-,18+/m1/s1. The van der Waals surface area contributed by atoms with Gasteiger partial charge in [-0.05, 0) is 0 Å². The predicted molar refractivity (Wildman–Crippen MR) is 101 cm³/mol. The summed E-state index contributed by atoms with van der Waals surface area (Å²) >= 11 is 0. The first kappa shape index (κ1) is 27.9. The minimum Gasteiger partial charge on any atom is -0.394 e. The third-order valence-corrected chi connectivity index (χ3v) is 6.07. The van der Waals surface area contributed by atoms with E-state index < -0.39 is 112 Å². The highest BCUT2D eigenvalue weighted by atomic mass is 16.7. The lowest BCUT2D eigenvalue weighted by Gasteiger charge is -2.45. The Bertz CT molecular complexity index is 639. The molecule has 0 aromatic carbocycles. The molecule has 16 heteroatoms. The molecule has 0 amide bonds. The van der Waals surface area contributed by atoms with Crippen molar-refractivity contribution in [3.63, 3.8) is 0 Å². The molecule has 0 aliphatic carbocycles. The molecule has 11 N–H and O–H groups in total. The van der Waals surface area contributed by atoms with Crippen molar-refractivity contribution in [2.75, 3.05) is 19.8 Å². The van der Waals surface area contributed by atoms with Crippen LogP contribution in [0.3, 0.4) is 0 Å². The third kappa shape index (κ3) is 5.52. The van der Waals surface area contributed by atoms with Crippen molar-refractivity contribution in [3.05, 3.63) is 0 Å². The van der Waals surface area contributed by atoms with Crippen LogP contribution in [0.2, 0.25) is 0 Å². The lowest BCUT2D eigenvalue weighted by atomic mass is 9.97. The molecule has 3 aliphatic rings. The maximum Gasteiger partial charge on any atom is 0.187 e. The van der Waals surface area contributed by atoms with E-state index in [1.165, 1.54) is 0 Å². The Morgan fingerprint density at radius 2 is 1.00 bits per heavy atom. The molecule has 15 atom stereocenters. The van der Waals surface area contributed by atoms with E-state index >= 15 is 0 Å². The van der Waals surface area contributed by atoms with Crippen molar-refractivity contribution in [2.24, 2.45) is 0 Å². The van der Waals surface area contributed by atoms with Crippen molar-refractivity contribution >= 4 is 0 Å². The highest BCUT2D eigenvalue weighted by molar-refractivity contribution is 4.94. The summed E-state index contributed by atoms with van der Waals surface area (Å²) in [6, 6.07) is 0. The number of ether oxygens (including phenoxy) is 5. The average Bonchev–Trinajstić information content (AvgIpc) is 2.82. The minimum absolute atomic E-state index is 0.617. The minimum atomic E-state index is -1.88. The summed E-state index contributed by atoms with van der Waals surface area (Å²) in [7, 11) is 0. The quantitative estimate of drug-likeness (QED) is 0.154. The predicted octanol–water partition coefficient (Wildman–Crippen LogP) is -7.57. The fourth-order valence-corrected chi connectivity index (χ4v) is 3.94. The van der Waals surface area contributed by atoms with Gasteiger partial charge < -0.3 is 79.9 Å². The molecule has 0 bridgehead atoms. The largest absolute Gasteiger partial charge is 0.394 e. The van der Waals surface area contributed by atoms with Crippen LogP contribution in [0.4, 0.5) is 0 Å². The lowest BCUT2D eigenvalue weighted by molar-refractivity contribution is -0.362. The number of aliphatic hydroxyl groups is 11.